The third-order valence-electron chi connectivity index (χ3n) is 4.66. The number of nitrogens with zero attached hydrogens (tertiary/aromatic N) is 2. The van der Waals surface area contributed by atoms with E-state index in [2.05, 4.69) is 10.3 Å². The van der Waals surface area contributed by atoms with Gasteiger partial charge in [-0.1, -0.05) is 12.1 Å². The molecule has 0 aliphatic carbocycles. The Morgan fingerprint density at radius 3 is 2.48 bits per heavy atom. The number of amides is 1. The molecule has 1 heterocycles. The lowest BCUT2D eigenvalue weighted by Gasteiger charge is -2.20. The van der Waals surface area contributed by atoms with Crippen molar-refractivity contribution >= 4 is 5.91 Å². The molecule has 0 bridgehead atoms. The zero-order chi connectivity index (χ0) is 20.8. The number of aromatic nitrogens is 2. The van der Waals surface area contributed by atoms with Crippen LogP contribution < -0.4 is 14.8 Å². The number of benzene rings is 2. The van der Waals surface area contributed by atoms with E-state index in [1.165, 1.54) is 12.1 Å². The number of nitrogens with one attached hydrogen (secondary N) is 1. The Hall–Kier alpha value is -3.35. The number of ether oxygens (including phenoxy) is 2. The van der Waals surface area contributed by atoms with Crippen molar-refractivity contribution in [2.75, 3.05) is 14.2 Å². The van der Waals surface area contributed by atoms with E-state index < -0.39 is 6.04 Å². The molecular weight excluding hydrogens is 373 g/mol. The van der Waals surface area contributed by atoms with Crippen LogP contribution in [0.1, 0.15) is 29.4 Å². The molecule has 152 valence electrons. The summed E-state index contributed by atoms with van der Waals surface area (Å²) in [6.45, 7) is 0. The number of imidazole rings is 1. The van der Waals surface area contributed by atoms with Crippen molar-refractivity contribution in [1.29, 1.82) is 0 Å². The molecule has 6 nitrogen and oxygen atoms in total. The molecule has 0 radical (unpaired) electrons. The molecule has 1 aromatic heterocycles. The summed E-state index contributed by atoms with van der Waals surface area (Å²) in [6.07, 6.45) is 4.17. The average Bonchev–Trinajstić information content (AvgIpc) is 3.15. The maximum atomic E-state index is 13.4. The van der Waals surface area contributed by atoms with E-state index in [-0.39, 0.29) is 18.1 Å². The van der Waals surface area contributed by atoms with Gasteiger partial charge >= 0.3 is 0 Å². The molecule has 29 heavy (non-hydrogen) atoms. The second kappa shape index (κ2) is 9.23. The van der Waals surface area contributed by atoms with Gasteiger partial charge in [-0.3, -0.25) is 4.79 Å². The molecule has 0 spiro atoms. The molecule has 0 saturated heterocycles. The lowest BCUT2D eigenvalue weighted by atomic mass is 10.0. The number of methoxy groups -OCH3 is 2. The van der Waals surface area contributed by atoms with Crippen LogP contribution in [-0.4, -0.2) is 29.7 Å². The summed E-state index contributed by atoms with van der Waals surface area (Å²) in [5.74, 6) is 1.45. The zero-order valence-electron chi connectivity index (χ0n) is 16.7. The van der Waals surface area contributed by atoms with Crippen LogP contribution in [0.4, 0.5) is 4.39 Å². The van der Waals surface area contributed by atoms with E-state index in [1.807, 2.05) is 29.9 Å². The number of carbonyl (C=O) groups is 1. The van der Waals surface area contributed by atoms with Gasteiger partial charge in [0.2, 0.25) is 5.91 Å². The van der Waals surface area contributed by atoms with Crippen LogP contribution in [0, 0.1) is 5.82 Å². The Bertz CT molecular complexity index is 965. The van der Waals surface area contributed by atoms with E-state index in [1.54, 1.807) is 38.6 Å². The Kier molecular flexibility index (Phi) is 6.49. The van der Waals surface area contributed by atoms with Crippen molar-refractivity contribution in [2.45, 2.75) is 18.9 Å². The molecule has 1 amide bonds. The topological polar surface area (TPSA) is 65.4 Å². The van der Waals surface area contributed by atoms with Gasteiger partial charge < -0.3 is 19.4 Å². The first-order chi connectivity index (χ1) is 14.0. The van der Waals surface area contributed by atoms with Crippen molar-refractivity contribution in [2.24, 2.45) is 7.05 Å². The van der Waals surface area contributed by atoms with E-state index in [4.69, 9.17) is 9.47 Å². The van der Waals surface area contributed by atoms with Gasteiger partial charge in [0.05, 0.1) is 14.2 Å². The van der Waals surface area contributed by atoms with Crippen LogP contribution in [-0.2, 0) is 18.3 Å². The van der Waals surface area contributed by atoms with E-state index >= 15 is 0 Å². The maximum Gasteiger partial charge on any atom is 0.221 e. The molecule has 0 saturated carbocycles. The van der Waals surface area contributed by atoms with E-state index in [0.29, 0.717) is 23.7 Å². The summed E-state index contributed by atoms with van der Waals surface area (Å²) in [5, 5.41) is 3.04. The Morgan fingerprint density at radius 1 is 1.17 bits per heavy atom. The number of aryl methyl sites for hydroxylation is 2. The van der Waals surface area contributed by atoms with E-state index in [9.17, 15) is 9.18 Å². The van der Waals surface area contributed by atoms with Crippen LogP contribution in [0.3, 0.4) is 0 Å². The normalized spacial score (nSPS) is 11.7. The number of hydrogen-bond donors (Lipinski definition) is 1. The van der Waals surface area contributed by atoms with Crippen molar-refractivity contribution in [3.8, 4) is 11.5 Å². The van der Waals surface area contributed by atoms with E-state index in [0.717, 1.165) is 11.1 Å². The van der Waals surface area contributed by atoms with Gasteiger partial charge in [0.1, 0.15) is 29.2 Å². The average molecular weight is 397 g/mol. The SMILES string of the molecule is COc1cc(OC)cc(C(NC(=O)CCc2cccc(F)c2)c2nccn2C)c1. The quantitative estimate of drug-likeness (QED) is 0.633. The molecule has 3 rings (SSSR count). The molecular formula is C22H24FN3O3. The largest absolute Gasteiger partial charge is 0.497 e. The Balaban J connectivity index is 1.83. The monoisotopic (exact) mass is 397 g/mol. The molecule has 0 fully saturated rings. The molecule has 0 aliphatic rings. The van der Waals surface area contributed by atoms with Gasteiger partial charge in [-0.2, -0.15) is 0 Å². The first-order valence-corrected chi connectivity index (χ1v) is 9.24. The molecule has 1 atom stereocenters. The van der Waals surface area contributed by atoms with Crippen LogP contribution in [0.25, 0.3) is 0 Å². The predicted octanol–water partition coefficient (Wildman–Crippen LogP) is 3.41. The summed E-state index contributed by atoms with van der Waals surface area (Å²) in [7, 11) is 5.02. The maximum absolute atomic E-state index is 13.4. The Morgan fingerprint density at radius 2 is 1.90 bits per heavy atom. The second-order valence-corrected chi connectivity index (χ2v) is 6.67. The van der Waals surface area contributed by atoms with Crippen LogP contribution >= 0.6 is 0 Å². The van der Waals surface area contributed by atoms with Gasteiger partial charge in [0, 0.05) is 31.9 Å². The first kappa shape index (κ1) is 20.4. The highest BCUT2D eigenvalue weighted by Crippen LogP contribution is 2.29. The molecule has 3 aromatic rings. The molecule has 7 heteroatoms. The lowest BCUT2D eigenvalue weighted by Crippen LogP contribution is -2.31. The van der Waals surface area contributed by atoms with Gasteiger partial charge in [-0.15, -0.1) is 0 Å². The summed E-state index contributed by atoms with van der Waals surface area (Å²) in [4.78, 5) is 17.1. The standard InChI is InChI=1S/C22H24FN3O3/c1-26-10-9-24-22(26)21(16-12-18(28-2)14-19(13-16)29-3)25-20(27)8-7-15-5-4-6-17(23)11-15/h4-6,9-14,21H,7-8H2,1-3H3,(H,25,27). The minimum Gasteiger partial charge on any atom is -0.497 e. The third-order valence-corrected chi connectivity index (χ3v) is 4.66. The summed E-state index contributed by atoms with van der Waals surface area (Å²) < 4.78 is 25.9. The van der Waals surface area contributed by atoms with Gasteiger partial charge in [0.25, 0.3) is 0 Å². The van der Waals surface area contributed by atoms with Crippen LogP contribution in [0.2, 0.25) is 0 Å². The van der Waals surface area contributed by atoms with Gasteiger partial charge in [0.15, 0.2) is 0 Å². The van der Waals surface area contributed by atoms with Crippen molar-refractivity contribution < 1.29 is 18.7 Å². The number of carbonyl (C=O) groups excluding carboxylic acids is 1. The Labute approximate surface area is 169 Å². The molecule has 0 aliphatic heterocycles. The number of hydrogen-bond acceptors (Lipinski definition) is 4. The highest BCUT2D eigenvalue weighted by molar-refractivity contribution is 5.77. The smallest absolute Gasteiger partial charge is 0.221 e. The molecule has 1 unspecified atom stereocenters. The van der Waals surface area contributed by atoms with Crippen LogP contribution in [0.5, 0.6) is 11.5 Å². The number of halogens is 1. The fraction of sp³-hybridized carbons (Fsp3) is 0.273. The van der Waals surface area contributed by atoms with Crippen molar-refractivity contribution in [3.05, 3.63) is 77.6 Å². The van der Waals surface area contributed by atoms with Gasteiger partial charge in [-0.25, -0.2) is 9.37 Å². The van der Waals surface area contributed by atoms with Crippen molar-refractivity contribution in [3.63, 3.8) is 0 Å². The third kappa shape index (κ3) is 5.13. The van der Waals surface area contributed by atoms with Crippen LogP contribution in [0.15, 0.2) is 54.9 Å². The predicted molar refractivity (Wildman–Crippen MR) is 107 cm³/mol. The summed E-state index contributed by atoms with van der Waals surface area (Å²) in [5.41, 5.74) is 1.56. The highest BCUT2D eigenvalue weighted by Gasteiger charge is 2.22. The van der Waals surface area contributed by atoms with Gasteiger partial charge in [-0.05, 0) is 41.8 Å². The molecule has 2 aromatic carbocycles. The fourth-order valence-corrected chi connectivity index (χ4v) is 3.13. The lowest BCUT2D eigenvalue weighted by molar-refractivity contribution is -0.121. The highest BCUT2D eigenvalue weighted by atomic mass is 19.1. The summed E-state index contributed by atoms with van der Waals surface area (Å²) in [6, 6.07) is 11.2. The van der Waals surface area contributed by atoms with Crippen molar-refractivity contribution in [1.82, 2.24) is 14.9 Å². The minimum absolute atomic E-state index is 0.163. The minimum atomic E-state index is -0.487. The number of rotatable bonds is 8. The summed E-state index contributed by atoms with van der Waals surface area (Å²) >= 11 is 0. The molecule has 1 N–H and O–H groups in total. The second-order valence-electron chi connectivity index (χ2n) is 6.67. The fourth-order valence-electron chi connectivity index (χ4n) is 3.13. The first-order valence-electron chi connectivity index (χ1n) is 9.24. The zero-order valence-corrected chi connectivity index (χ0v) is 16.7.